The predicted octanol–water partition coefficient (Wildman–Crippen LogP) is 4.39. The summed E-state index contributed by atoms with van der Waals surface area (Å²) >= 11 is 1.39. The number of ketones is 1. The molecular weight excluding hydrogens is 352 g/mol. The summed E-state index contributed by atoms with van der Waals surface area (Å²) < 4.78 is 11.6. The van der Waals surface area contributed by atoms with Gasteiger partial charge in [0.05, 0.1) is 22.5 Å². The maximum absolute atomic E-state index is 12.6. The Morgan fingerprint density at radius 1 is 1.19 bits per heavy atom. The van der Waals surface area contributed by atoms with Crippen LogP contribution in [-0.4, -0.2) is 22.3 Å². The van der Waals surface area contributed by atoms with Crippen LogP contribution in [0.2, 0.25) is 0 Å². The number of amides is 1. The van der Waals surface area contributed by atoms with Crippen molar-refractivity contribution in [3.8, 4) is 0 Å². The van der Waals surface area contributed by atoms with Gasteiger partial charge in [-0.3, -0.25) is 9.59 Å². The molecule has 6 nitrogen and oxygen atoms in total. The number of fused-ring (bicyclic) bond motifs is 1. The van der Waals surface area contributed by atoms with Crippen LogP contribution in [0.3, 0.4) is 0 Å². The number of carbonyl (C=O) groups is 2. The molecule has 7 heteroatoms. The van der Waals surface area contributed by atoms with Gasteiger partial charge in [-0.25, -0.2) is 4.98 Å². The Kier molecular flexibility index (Phi) is 4.36. The largest absolute Gasteiger partial charge is 0.436 e. The Morgan fingerprint density at radius 2 is 1.85 bits per heavy atom. The molecule has 0 saturated heterocycles. The Hall–Kier alpha value is -1.99. The van der Waals surface area contributed by atoms with Crippen molar-refractivity contribution in [3.05, 3.63) is 33.3 Å². The third-order valence-electron chi connectivity index (χ3n) is 4.38. The minimum Gasteiger partial charge on any atom is -0.436 e. The van der Waals surface area contributed by atoms with Gasteiger partial charge < -0.3 is 14.5 Å². The molecule has 0 aliphatic carbocycles. The molecule has 0 unspecified atom stereocenters. The van der Waals surface area contributed by atoms with Gasteiger partial charge in [-0.15, -0.1) is 11.3 Å². The number of rotatable bonds is 3. The second-order valence-corrected chi connectivity index (χ2v) is 8.84. The maximum atomic E-state index is 12.6. The van der Waals surface area contributed by atoms with Gasteiger partial charge in [-0.1, -0.05) is 0 Å². The number of aromatic nitrogens is 1. The first kappa shape index (κ1) is 18.8. The van der Waals surface area contributed by atoms with E-state index in [1.54, 1.807) is 13.8 Å². The van der Waals surface area contributed by atoms with Crippen LogP contribution >= 0.6 is 11.3 Å². The Morgan fingerprint density at radius 3 is 2.38 bits per heavy atom. The number of thiophene rings is 1. The van der Waals surface area contributed by atoms with Gasteiger partial charge in [0.1, 0.15) is 5.00 Å². The average molecular weight is 376 g/mol. The number of nitrogens with one attached hydrogen (secondary N) is 1. The van der Waals surface area contributed by atoms with Gasteiger partial charge in [0, 0.05) is 18.2 Å². The molecule has 140 valence electrons. The molecule has 0 atom stereocenters. The zero-order valence-electron chi connectivity index (χ0n) is 16.2. The van der Waals surface area contributed by atoms with E-state index in [-0.39, 0.29) is 17.1 Å². The summed E-state index contributed by atoms with van der Waals surface area (Å²) in [6.07, 6.45) is 0.619. The molecule has 1 N–H and O–H groups in total. The smallest absolute Gasteiger partial charge is 0.293 e. The molecule has 26 heavy (non-hydrogen) atoms. The zero-order valence-corrected chi connectivity index (χ0v) is 17.0. The molecule has 3 rings (SSSR count). The molecule has 2 aromatic rings. The summed E-state index contributed by atoms with van der Waals surface area (Å²) in [4.78, 5) is 30.1. The van der Waals surface area contributed by atoms with Gasteiger partial charge >= 0.3 is 0 Å². The van der Waals surface area contributed by atoms with Crippen molar-refractivity contribution in [2.45, 2.75) is 66.1 Å². The van der Waals surface area contributed by atoms with Crippen LogP contribution in [0.1, 0.15) is 77.6 Å². The van der Waals surface area contributed by atoms with E-state index in [4.69, 9.17) is 9.15 Å². The molecule has 1 amide bonds. The lowest BCUT2D eigenvalue weighted by Gasteiger charge is -2.41. The van der Waals surface area contributed by atoms with Crippen molar-refractivity contribution in [1.29, 1.82) is 0 Å². The minimum atomic E-state index is -0.534. The maximum Gasteiger partial charge on any atom is 0.293 e. The number of ether oxygens (including phenoxy) is 1. The molecule has 0 aromatic carbocycles. The van der Waals surface area contributed by atoms with E-state index in [2.05, 4.69) is 10.3 Å². The van der Waals surface area contributed by atoms with Crippen LogP contribution in [0.4, 0.5) is 5.00 Å². The summed E-state index contributed by atoms with van der Waals surface area (Å²) in [5.41, 5.74) is 1.13. The van der Waals surface area contributed by atoms with Crippen molar-refractivity contribution in [1.82, 2.24) is 4.98 Å². The SMILES string of the molecule is CC(=O)c1c(NC(=O)c2oc(C)nc2C)sc2c1CC(C)(C)OC2(C)C. The summed E-state index contributed by atoms with van der Waals surface area (Å²) in [5, 5.41) is 3.39. The molecule has 0 radical (unpaired) electrons. The number of hydrogen-bond acceptors (Lipinski definition) is 6. The number of anilines is 1. The highest BCUT2D eigenvalue weighted by atomic mass is 32.1. The van der Waals surface area contributed by atoms with Crippen molar-refractivity contribution in [3.63, 3.8) is 0 Å². The van der Waals surface area contributed by atoms with E-state index in [1.807, 2.05) is 27.7 Å². The van der Waals surface area contributed by atoms with Crippen LogP contribution in [0.5, 0.6) is 0 Å². The first-order chi connectivity index (χ1) is 11.9. The predicted molar refractivity (Wildman–Crippen MR) is 100 cm³/mol. The van der Waals surface area contributed by atoms with Gasteiger partial charge in [0.2, 0.25) is 5.76 Å². The molecule has 3 heterocycles. The number of oxazole rings is 1. The monoisotopic (exact) mass is 376 g/mol. The minimum absolute atomic E-state index is 0.0724. The first-order valence-electron chi connectivity index (χ1n) is 8.54. The summed E-state index contributed by atoms with van der Waals surface area (Å²) in [5.74, 6) is 0.124. The second kappa shape index (κ2) is 6.03. The highest BCUT2D eigenvalue weighted by Gasteiger charge is 2.42. The highest BCUT2D eigenvalue weighted by molar-refractivity contribution is 7.17. The fourth-order valence-electron chi connectivity index (χ4n) is 3.68. The van der Waals surface area contributed by atoms with Crippen LogP contribution in [0, 0.1) is 13.8 Å². The lowest BCUT2D eigenvalue weighted by atomic mass is 9.86. The summed E-state index contributed by atoms with van der Waals surface area (Å²) in [7, 11) is 0. The van der Waals surface area contributed by atoms with Crippen molar-refractivity contribution in [2.75, 3.05) is 5.32 Å². The van der Waals surface area contributed by atoms with Crippen LogP contribution < -0.4 is 5.32 Å². The molecular formula is C19H24N2O4S. The summed E-state index contributed by atoms with van der Waals surface area (Å²) in [6, 6.07) is 0. The molecule has 0 spiro atoms. The van der Waals surface area contributed by atoms with Crippen molar-refractivity contribution in [2.24, 2.45) is 0 Å². The van der Waals surface area contributed by atoms with Crippen LogP contribution in [-0.2, 0) is 16.8 Å². The fraction of sp³-hybridized carbons (Fsp3) is 0.526. The lowest BCUT2D eigenvalue weighted by molar-refractivity contribution is -0.135. The van der Waals surface area contributed by atoms with E-state index in [0.29, 0.717) is 28.6 Å². The lowest BCUT2D eigenvalue weighted by Crippen LogP contribution is -2.41. The summed E-state index contributed by atoms with van der Waals surface area (Å²) in [6.45, 7) is 12.9. The quantitative estimate of drug-likeness (QED) is 0.803. The Balaban J connectivity index is 2.06. The van der Waals surface area contributed by atoms with Gasteiger partial charge in [0.15, 0.2) is 11.7 Å². The Bertz CT molecular complexity index is 905. The van der Waals surface area contributed by atoms with Gasteiger partial charge in [-0.05, 0) is 47.1 Å². The fourth-order valence-corrected chi connectivity index (χ4v) is 4.98. The van der Waals surface area contributed by atoms with Crippen molar-refractivity contribution >= 4 is 28.0 Å². The van der Waals surface area contributed by atoms with E-state index < -0.39 is 11.5 Å². The van der Waals surface area contributed by atoms with Crippen LogP contribution in [0.25, 0.3) is 0 Å². The molecule has 1 aliphatic rings. The highest BCUT2D eigenvalue weighted by Crippen LogP contribution is 2.48. The normalized spacial score (nSPS) is 17.7. The number of nitrogens with zero attached hydrogens (tertiary/aromatic N) is 1. The molecule has 0 bridgehead atoms. The molecule has 1 aliphatic heterocycles. The van der Waals surface area contributed by atoms with E-state index in [1.165, 1.54) is 18.3 Å². The number of carbonyl (C=O) groups excluding carboxylic acids is 2. The van der Waals surface area contributed by atoms with E-state index >= 15 is 0 Å². The van der Waals surface area contributed by atoms with E-state index in [9.17, 15) is 9.59 Å². The first-order valence-corrected chi connectivity index (χ1v) is 9.35. The number of hydrogen-bond donors (Lipinski definition) is 1. The third kappa shape index (κ3) is 3.21. The standard InChI is InChI=1S/C19H24N2O4S/c1-9-14(24-11(3)20-9)16(23)21-17-13(10(2)22)12-8-18(4,5)25-19(6,7)15(12)26-17/h8H2,1-7H3,(H,21,23). The van der Waals surface area contributed by atoms with Gasteiger partial charge in [0.25, 0.3) is 5.91 Å². The zero-order chi connectivity index (χ0) is 19.4. The van der Waals surface area contributed by atoms with E-state index in [0.717, 1.165) is 10.4 Å². The molecule has 0 fully saturated rings. The second-order valence-electron chi connectivity index (χ2n) is 7.82. The average Bonchev–Trinajstić information content (AvgIpc) is 2.97. The number of aryl methyl sites for hydroxylation is 2. The van der Waals surface area contributed by atoms with Crippen LogP contribution in [0.15, 0.2) is 4.42 Å². The molecule has 0 saturated carbocycles. The molecule has 2 aromatic heterocycles. The van der Waals surface area contributed by atoms with Gasteiger partial charge in [-0.2, -0.15) is 0 Å². The number of Topliss-reactive ketones (excluding diaryl/α,β-unsaturated/α-hetero) is 1. The topological polar surface area (TPSA) is 81.4 Å². The van der Waals surface area contributed by atoms with Crippen molar-refractivity contribution < 1.29 is 18.7 Å². The Labute approximate surface area is 157 Å². The third-order valence-corrected chi connectivity index (χ3v) is 5.83.